The van der Waals surface area contributed by atoms with E-state index in [0.717, 1.165) is 17.0 Å². The number of aryl methyl sites for hydroxylation is 1. The van der Waals surface area contributed by atoms with E-state index >= 15 is 0 Å². The van der Waals surface area contributed by atoms with Crippen molar-refractivity contribution < 1.29 is 13.9 Å². The number of rotatable bonds is 8. The third-order valence-electron chi connectivity index (χ3n) is 5.06. The van der Waals surface area contributed by atoms with Crippen molar-refractivity contribution in [3.8, 4) is 5.75 Å². The molecule has 0 aliphatic rings. The van der Waals surface area contributed by atoms with Crippen molar-refractivity contribution in [3.05, 3.63) is 81.4 Å². The number of aromatic nitrogens is 2. The van der Waals surface area contributed by atoms with Gasteiger partial charge in [0.1, 0.15) is 17.3 Å². The molecule has 0 saturated carbocycles. The second-order valence-electron chi connectivity index (χ2n) is 8.93. The van der Waals surface area contributed by atoms with Crippen LogP contribution in [0.15, 0.2) is 51.9 Å². The molecule has 2 N–H and O–H groups in total. The van der Waals surface area contributed by atoms with Gasteiger partial charge in [-0.05, 0) is 57.0 Å². The minimum absolute atomic E-state index is 0.146. The van der Waals surface area contributed by atoms with E-state index in [2.05, 4.69) is 10.3 Å². The van der Waals surface area contributed by atoms with E-state index in [4.69, 9.17) is 14.1 Å². The number of ether oxygens (including phenoxy) is 1. The lowest BCUT2D eigenvalue weighted by Gasteiger charge is -2.27. The molecule has 0 saturated heterocycles. The summed E-state index contributed by atoms with van der Waals surface area (Å²) in [6.07, 6.45) is 2.64. The number of furan rings is 1. The zero-order valence-electron chi connectivity index (χ0n) is 19.9. The van der Waals surface area contributed by atoms with Gasteiger partial charge in [-0.2, -0.15) is 0 Å². The maximum absolute atomic E-state index is 13.0. The Morgan fingerprint density at radius 2 is 1.91 bits per heavy atom. The molecule has 3 rings (SSSR count). The number of urea groups is 1. The lowest BCUT2D eigenvalue weighted by Crippen LogP contribution is -2.48. The monoisotopic (exact) mass is 452 g/mol. The molecule has 176 valence electrons. The lowest BCUT2D eigenvalue weighted by molar-refractivity contribution is 0.176. The molecule has 1 aromatic carbocycles. The summed E-state index contributed by atoms with van der Waals surface area (Å²) >= 11 is 0. The molecule has 0 atom stereocenters. The topological polar surface area (TPSA) is 100 Å². The van der Waals surface area contributed by atoms with Gasteiger partial charge in [0.05, 0.1) is 32.2 Å². The Bertz CT molecular complexity index is 1110. The SMILES string of the molecule is CCc1nc(CN(Cc2ccco2)C(=O)NC(C)(C)C)[nH]c(=O)c1Cc1ccc(OC)cc1. The Balaban J connectivity index is 1.85. The van der Waals surface area contributed by atoms with Crippen molar-refractivity contribution in [2.45, 2.75) is 59.2 Å². The van der Waals surface area contributed by atoms with E-state index in [1.54, 1.807) is 24.3 Å². The summed E-state index contributed by atoms with van der Waals surface area (Å²) in [4.78, 5) is 35.1. The third kappa shape index (κ3) is 6.71. The molecular formula is C25H32N4O4. The van der Waals surface area contributed by atoms with Crippen molar-refractivity contribution in [3.63, 3.8) is 0 Å². The number of nitrogens with zero attached hydrogens (tertiary/aromatic N) is 2. The molecule has 0 spiro atoms. The molecular weight excluding hydrogens is 420 g/mol. The number of aromatic amines is 1. The molecule has 0 unspecified atom stereocenters. The lowest BCUT2D eigenvalue weighted by atomic mass is 10.0. The summed E-state index contributed by atoms with van der Waals surface area (Å²) < 4.78 is 10.6. The maximum Gasteiger partial charge on any atom is 0.318 e. The number of methoxy groups -OCH3 is 1. The van der Waals surface area contributed by atoms with Crippen LogP contribution in [-0.2, 0) is 25.9 Å². The van der Waals surface area contributed by atoms with Gasteiger partial charge in [-0.25, -0.2) is 9.78 Å². The first-order chi connectivity index (χ1) is 15.7. The van der Waals surface area contributed by atoms with Gasteiger partial charge in [0, 0.05) is 17.5 Å². The average Bonchev–Trinajstić information content (AvgIpc) is 3.27. The maximum atomic E-state index is 13.0. The molecule has 8 nitrogen and oxygen atoms in total. The molecule has 0 aliphatic heterocycles. The predicted molar refractivity (Wildman–Crippen MR) is 126 cm³/mol. The molecule has 0 bridgehead atoms. The number of H-pyrrole nitrogens is 1. The van der Waals surface area contributed by atoms with Gasteiger partial charge < -0.3 is 24.4 Å². The fourth-order valence-corrected chi connectivity index (χ4v) is 3.46. The van der Waals surface area contributed by atoms with Crippen LogP contribution in [0.4, 0.5) is 4.79 Å². The van der Waals surface area contributed by atoms with Crippen LogP contribution in [0.5, 0.6) is 5.75 Å². The minimum Gasteiger partial charge on any atom is -0.497 e. The van der Waals surface area contributed by atoms with E-state index in [0.29, 0.717) is 30.0 Å². The van der Waals surface area contributed by atoms with Crippen LogP contribution in [0.1, 0.15) is 56.1 Å². The predicted octanol–water partition coefficient (Wildman–Crippen LogP) is 4.04. The molecule has 0 fully saturated rings. The van der Waals surface area contributed by atoms with Gasteiger partial charge in [0.2, 0.25) is 0 Å². The standard InChI is InChI=1S/C25H32N4O4/c1-6-21-20(14-17-9-11-18(32-5)12-10-17)23(30)27-22(26-21)16-29(15-19-8-7-13-33-19)24(31)28-25(2,3)4/h7-13H,6,14-16H2,1-5H3,(H,28,31)(H,26,27,30). The van der Waals surface area contributed by atoms with Crippen LogP contribution in [0.3, 0.4) is 0 Å². The zero-order valence-corrected chi connectivity index (χ0v) is 19.9. The highest BCUT2D eigenvalue weighted by Gasteiger charge is 2.22. The number of carbonyl (C=O) groups excluding carboxylic acids is 1. The Hall–Kier alpha value is -3.55. The van der Waals surface area contributed by atoms with Crippen LogP contribution in [0, 0.1) is 0 Å². The van der Waals surface area contributed by atoms with E-state index in [1.165, 1.54) is 0 Å². The highest BCUT2D eigenvalue weighted by molar-refractivity contribution is 5.74. The Morgan fingerprint density at radius 1 is 1.18 bits per heavy atom. The average molecular weight is 453 g/mol. The quantitative estimate of drug-likeness (QED) is 0.537. The van der Waals surface area contributed by atoms with Crippen molar-refractivity contribution in [1.82, 2.24) is 20.2 Å². The summed E-state index contributed by atoms with van der Waals surface area (Å²) in [5.41, 5.74) is 1.74. The van der Waals surface area contributed by atoms with Crippen molar-refractivity contribution in [2.75, 3.05) is 7.11 Å². The minimum atomic E-state index is -0.407. The summed E-state index contributed by atoms with van der Waals surface area (Å²) in [5.74, 6) is 1.85. The normalized spacial score (nSPS) is 11.3. The summed E-state index contributed by atoms with van der Waals surface area (Å²) in [6, 6.07) is 10.9. The smallest absolute Gasteiger partial charge is 0.318 e. The van der Waals surface area contributed by atoms with E-state index in [1.807, 2.05) is 58.0 Å². The van der Waals surface area contributed by atoms with E-state index in [9.17, 15) is 9.59 Å². The van der Waals surface area contributed by atoms with Gasteiger partial charge in [-0.1, -0.05) is 19.1 Å². The van der Waals surface area contributed by atoms with Gasteiger partial charge >= 0.3 is 6.03 Å². The molecule has 2 aromatic heterocycles. The number of hydrogen-bond acceptors (Lipinski definition) is 5. The molecule has 8 heteroatoms. The van der Waals surface area contributed by atoms with E-state index < -0.39 is 5.54 Å². The fourth-order valence-electron chi connectivity index (χ4n) is 3.46. The molecule has 33 heavy (non-hydrogen) atoms. The Labute approximate surface area is 194 Å². The molecule has 2 heterocycles. The fraction of sp³-hybridized carbons (Fsp3) is 0.400. The first-order valence-corrected chi connectivity index (χ1v) is 11.0. The highest BCUT2D eigenvalue weighted by Crippen LogP contribution is 2.16. The van der Waals surface area contributed by atoms with Gasteiger partial charge in [-0.3, -0.25) is 4.79 Å². The first kappa shape index (κ1) is 24.1. The van der Waals surface area contributed by atoms with Crippen LogP contribution < -0.4 is 15.6 Å². The highest BCUT2D eigenvalue weighted by atomic mass is 16.5. The molecule has 2 amide bonds. The summed E-state index contributed by atoms with van der Waals surface area (Å²) in [6.45, 7) is 8.12. The van der Waals surface area contributed by atoms with Crippen LogP contribution in [0.25, 0.3) is 0 Å². The number of nitrogens with one attached hydrogen (secondary N) is 2. The van der Waals surface area contributed by atoms with Crippen LogP contribution >= 0.6 is 0 Å². The van der Waals surface area contributed by atoms with Gasteiger partial charge in [0.25, 0.3) is 5.56 Å². The van der Waals surface area contributed by atoms with Crippen molar-refractivity contribution in [2.24, 2.45) is 0 Å². The van der Waals surface area contributed by atoms with Crippen LogP contribution in [-0.4, -0.2) is 33.5 Å². The summed E-state index contributed by atoms with van der Waals surface area (Å²) in [5, 5.41) is 2.96. The van der Waals surface area contributed by atoms with E-state index in [-0.39, 0.29) is 24.7 Å². The molecule has 0 radical (unpaired) electrons. The largest absolute Gasteiger partial charge is 0.497 e. The first-order valence-electron chi connectivity index (χ1n) is 11.0. The Morgan fingerprint density at radius 3 is 2.48 bits per heavy atom. The van der Waals surface area contributed by atoms with Gasteiger partial charge in [-0.15, -0.1) is 0 Å². The third-order valence-corrected chi connectivity index (χ3v) is 5.06. The van der Waals surface area contributed by atoms with Crippen LogP contribution in [0.2, 0.25) is 0 Å². The van der Waals surface area contributed by atoms with Gasteiger partial charge in [0.15, 0.2) is 0 Å². The second-order valence-corrected chi connectivity index (χ2v) is 8.93. The summed E-state index contributed by atoms with van der Waals surface area (Å²) in [7, 11) is 1.62. The molecule has 3 aromatic rings. The van der Waals surface area contributed by atoms with Crippen molar-refractivity contribution >= 4 is 6.03 Å². The number of carbonyl (C=O) groups is 1. The zero-order chi connectivity index (χ0) is 24.0. The number of hydrogen-bond donors (Lipinski definition) is 2. The Kier molecular flexibility index (Phi) is 7.58. The van der Waals surface area contributed by atoms with Crippen molar-refractivity contribution in [1.29, 1.82) is 0 Å². The number of benzene rings is 1. The molecule has 0 aliphatic carbocycles. The second kappa shape index (κ2) is 10.4. The number of amides is 2.